The molecule has 0 saturated carbocycles. The van der Waals surface area contributed by atoms with Crippen molar-refractivity contribution in [2.45, 2.75) is 32.4 Å². The Hall–Kier alpha value is -2.52. The molecule has 32 heavy (non-hydrogen) atoms. The highest BCUT2D eigenvalue weighted by Gasteiger charge is 2.23. The summed E-state index contributed by atoms with van der Waals surface area (Å²) in [6.45, 7) is 10.5. The summed E-state index contributed by atoms with van der Waals surface area (Å²) < 4.78 is 16.2. The Kier molecular flexibility index (Phi) is 10.1. The summed E-state index contributed by atoms with van der Waals surface area (Å²) in [6.07, 6.45) is -0.339. The van der Waals surface area contributed by atoms with Crippen LogP contribution in [-0.2, 0) is 9.47 Å². The molecule has 2 N–H and O–H groups in total. The summed E-state index contributed by atoms with van der Waals surface area (Å²) in [5, 5.41) is 6.70. The number of benzene rings is 1. The highest BCUT2D eigenvalue weighted by molar-refractivity contribution is 5.79. The molecule has 1 amide bonds. The van der Waals surface area contributed by atoms with Crippen molar-refractivity contribution in [1.82, 2.24) is 20.4 Å². The Labute approximate surface area is 192 Å². The predicted molar refractivity (Wildman–Crippen MR) is 126 cm³/mol. The molecule has 0 bridgehead atoms. The van der Waals surface area contributed by atoms with Crippen molar-refractivity contribution in [2.75, 3.05) is 67.1 Å². The Morgan fingerprint density at radius 3 is 2.44 bits per heavy atom. The fraction of sp³-hybridized carbons (Fsp3) is 0.652. The first-order chi connectivity index (χ1) is 15.2. The van der Waals surface area contributed by atoms with Gasteiger partial charge in [-0.15, -0.1) is 0 Å². The standard InChI is InChI=1S/C23H39N5O4/c1-23(2,3)32-22(29)27(5)12-11-25-21(24-4)26-17-20(28-13-15-31-16-14-28)18-7-9-19(30-6)10-8-18/h7-10,20H,11-17H2,1-6H3,(H2,24,25,26). The molecule has 9 nitrogen and oxygen atoms in total. The van der Waals surface area contributed by atoms with E-state index in [1.165, 1.54) is 5.56 Å². The second kappa shape index (κ2) is 12.5. The van der Waals surface area contributed by atoms with Gasteiger partial charge in [0.1, 0.15) is 11.4 Å². The van der Waals surface area contributed by atoms with Crippen molar-refractivity contribution in [3.05, 3.63) is 29.8 Å². The number of amides is 1. The molecule has 1 aliphatic rings. The molecular weight excluding hydrogens is 410 g/mol. The van der Waals surface area contributed by atoms with Crippen LogP contribution in [-0.4, -0.2) is 94.6 Å². The number of hydrogen-bond acceptors (Lipinski definition) is 6. The van der Waals surface area contributed by atoms with Gasteiger partial charge < -0.3 is 29.7 Å². The number of nitrogens with zero attached hydrogens (tertiary/aromatic N) is 3. The van der Waals surface area contributed by atoms with Gasteiger partial charge in [-0.25, -0.2) is 4.79 Å². The maximum atomic E-state index is 12.1. The molecule has 9 heteroatoms. The zero-order chi connectivity index (χ0) is 23.6. The molecule has 1 heterocycles. The van der Waals surface area contributed by atoms with Gasteiger partial charge >= 0.3 is 6.09 Å². The van der Waals surface area contributed by atoms with E-state index in [0.29, 0.717) is 25.6 Å². The normalized spacial score (nSPS) is 16.2. The van der Waals surface area contributed by atoms with Crippen LogP contribution in [0.5, 0.6) is 5.75 Å². The highest BCUT2D eigenvalue weighted by atomic mass is 16.6. The summed E-state index contributed by atoms with van der Waals surface area (Å²) >= 11 is 0. The first-order valence-corrected chi connectivity index (χ1v) is 11.1. The summed E-state index contributed by atoms with van der Waals surface area (Å²) in [7, 11) is 5.14. The lowest BCUT2D eigenvalue weighted by molar-refractivity contribution is 0.0169. The molecule has 1 aromatic rings. The number of methoxy groups -OCH3 is 1. The van der Waals surface area contributed by atoms with E-state index >= 15 is 0 Å². The summed E-state index contributed by atoms with van der Waals surface area (Å²) in [4.78, 5) is 20.4. The lowest BCUT2D eigenvalue weighted by Crippen LogP contribution is -2.47. The Bertz CT molecular complexity index is 727. The van der Waals surface area contributed by atoms with E-state index < -0.39 is 5.60 Å². The Morgan fingerprint density at radius 2 is 1.88 bits per heavy atom. The van der Waals surface area contributed by atoms with Crippen LogP contribution in [0.2, 0.25) is 0 Å². The molecule has 0 spiro atoms. The van der Waals surface area contributed by atoms with Crippen molar-refractivity contribution in [1.29, 1.82) is 0 Å². The van der Waals surface area contributed by atoms with E-state index in [2.05, 4.69) is 32.7 Å². The van der Waals surface area contributed by atoms with Crippen LogP contribution in [0.15, 0.2) is 29.3 Å². The smallest absolute Gasteiger partial charge is 0.410 e. The molecule has 180 valence electrons. The Morgan fingerprint density at radius 1 is 1.22 bits per heavy atom. The molecule has 0 radical (unpaired) electrons. The molecule has 1 saturated heterocycles. The molecule has 0 aromatic heterocycles. The number of rotatable bonds is 8. The number of carbonyl (C=O) groups is 1. The van der Waals surface area contributed by atoms with Gasteiger partial charge in [-0.3, -0.25) is 9.89 Å². The van der Waals surface area contributed by atoms with Crippen molar-refractivity contribution >= 4 is 12.1 Å². The van der Waals surface area contributed by atoms with E-state index in [4.69, 9.17) is 14.2 Å². The number of morpholine rings is 1. The number of ether oxygens (including phenoxy) is 3. The van der Waals surface area contributed by atoms with Crippen LogP contribution in [0.4, 0.5) is 4.79 Å². The summed E-state index contributed by atoms with van der Waals surface area (Å²) in [5.74, 6) is 1.53. The van der Waals surface area contributed by atoms with Crippen molar-refractivity contribution in [3.63, 3.8) is 0 Å². The summed E-state index contributed by atoms with van der Waals surface area (Å²) in [6, 6.07) is 8.36. The zero-order valence-corrected chi connectivity index (χ0v) is 20.3. The third-order valence-corrected chi connectivity index (χ3v) is 5.12. The second-order valence-corrected chi connectivity index (χ2v) is 8.72. The van der Waals surface area contributed by atoms with Gasteiger partial charge in [0.25, 0.3) is 0 Å². The number of likely N-dealkylation sites (N-methyl/N-ethyl adjacent to an activating group) is 1. The van der Waals surface area contributed by atoms with Crippen LogP contribution in [0.1, 0.15) is 32.4 Å². The second-order valence-electron chi connectivity index (χ2n) is 8.72. The van der Waals surface area contributed by atoms with Crippen LogP contribution < -0.4 is 15.4 Å². The van der Waals surface area contributed by atoms with E-state index in [1.807, 2.05) is 32.9 Å². The maximum Gasteiger partial charge on any atom is 0.410 e. The van der Waals surface area contributed by atoms with E-state index in [0.717, 1.165) is 32.1 Å². The number of guanidine groups is 1. The van der Waals surface area contributed by atoms with Crippen molar-refractivity contribution < 1.29 is 19.0 Å². The fourth-order valence-corrected chi connectivity index (χ4v) is 3.36. The first-order valence-electron chi connectivity index (χ1n) is 11.1. The fourth-order valence-electron chi connectivity index (χ4n) is 3.36. The van der Waals surface area contributed by atoms with Crippen LogP contribution in [0.3, 0.4) is 0 Å². The maximum absolute atomic E-state index is 12.1. The van der Waals surface area contributed by atoms with Gasteiger partial charge in [0.2, 0.25) is 0 Å². The lowest BCUT2D eigenvalue weighted by atomic mass is 10.0. The van der Waals surface area contributed by atoms with Gasteiger partial charge in [-0.2, -0.15) is 0 Å². The van der Waals surface area contributed by atoms with Gasteiger partial charge in [0, 0.05) is 46.8 Å². The van der Waals surface area contributed by atoms with Crippen LogP contribution in [0.25, 0.3) is 0 Å². The minimum Gasteiger partial charge on any atom is -0.497 e. The molecular formula is C23H39N5O4. The van der Waals surface area contributed by atoms with Crippen molar-refractivity contribution in [3.8, 4) is 5.75 Å². The number of hydrogen-bond donors (Lipinski definition) is 2. The lowest BCUT2D eigenvalue weighted by Gasteiger charge is -2.35. The van der Waals surface area contributed by atoms with Crippen LogP contribution in [0, 0.1) is 0 Å². The monoisotopic (exact) mass is 449 g/mol. The molecule has 1 aliphatic heterocycles. The molecule has 0 aliphatic carbocycles. The third-order valence-electron chi connectivity index (χ3n) is 5.12. The van der Waals surface area contributed by atoms with Crippen molar-refractivity contribution in [2.24, 2.45) is 4.99 Å². The molecule has 2 rings (SSSR count). The SMILES string of the molecule is CN=C(NCCN(C)C(=O)OC(C)(C)C)NCC(c1ccc(OC)cc1)N1CCOCC1. The molecule has 1 atom stereocenters. The summed E-state index contributed by atoms with van der Waals surface area (Å²) in [5.41, 5.74) is 0.701. The quantitative estimate of drug-likeness (QED) is 0.464. The van der Waals surface area contributed by atoms with Gasteiger partial charge in [-0.1, -0.05) is 12.1 Å². The zero-order valence-electron chi connectivity index (χ0n) is 20.3. The Balaban J connectivity index is 1.91. The average molecular weight is 450 g/mol. The number of nitrogens with one attached hydrogen (secondary N) is 2. The average Bonchev–Trinajstić information content (AvgIpc) is 2.77. The van der Waals surface area contributed by atoms with Gasteiger partial charge in [0.15, 0.2) is 5.96 Å². The van der Waals surface area contributed by atoms with Gasteiger partial charge in [0.05, 0.1) is 26.4 Å². The number of carbonyl (C=O) groups excluding carboxylic acids is 1. The van der Waals surface area contributed by atoms with E-state index in [-0.39, 0.29) is 12.1 Å². The van der Waals surface area contributed by atoms with E-state index in [9.17, 15) is 4.79 Å². The molecule has 1 aromatic carbocycles. The first kappa shape index (κ1) is 25.7. The van der Waals surface area contributed by atoms with Gasteiger partial charge in [-0.05, 0) is 38.5 Å². The largest absolute Gasteiger partial charge is 0.497 e. The predicted octanol–water partition coefficient (Wildman–Crippen LogP) is 2.10. The number of aliphatic imine (C=N–C) groups is 1. The molecule has 1 fully saturated rings. The highest BCUT2D eigenvalue weighted by Crippen LogP contribution is 2.23. The minimum atomic E-state index is -0.508. The molecule has 1 unspecified atom stereocenters. The topological polar surface area (TPSA) is 87.7 Å². The van der Waals surface area contributed by atoms with Crippen LogP contribution >= 0.6 is 0 Å². The minimum absolute atomic E-state index is 0.174. The van der Waals surface area contributed by atoms with E-state index in [1.54, 1.807) is 26.1 Å². The third kappa shape index (κ3) is 8.55.